The number of nitrogens with one attached hydrogen (secondary N) is 6. The van der Waals surface area contributed by atoms with Gasteiger partial charge in [0.05, 0.1) is 36.1 Å². The third-order valence-corrected chi connectivity index (χ3v) is 23.0. The van der Waals surface area contributed by atoms with E-state index in [4.69, 9.17) is 26.8 Å². The second kappa shape index (κ2) is 26.7. The fraction of sp³-hybridized carbons (Fsp3) is 0.321. The molecule has 17 heteroatoms. The molecule has 3 aliphatic rings. The van der Waals surface area contributed by atoms with Crippen molar-refractivity contribution in [1.82, 2.24) is 30.9 Å². The van der Waals surface area contributed by atoms with Gasteiger partial charge < -0.3 is 44.2 Å². The van der Waals surface area contributed by atoms with E-state index in [0.29, 0.717) is 75.1 Å². The first-order valence-electron chi connectivity index (χ1n) is 35.4. The van der Waals surface area contributed by atoms with Crippen LogP contribution >= 0.6 is 7.82 Å². The quantitative estimate of drug-likeness (QED) is 0.0268. The van der Waals surface area contributed by atoms with E-state index in [2.05, 4.69) is 145 Å². The van der Waals surface area contributed by atoms with Crippen LogP contribution in [0.25, 0.3) is 32.7 Å². The first kappa shape index (κ1) is 67.1. The van der Waals surface area contributed by atoms with Crippen molar-refractivity contribution in [2.24, 2.45) is 0 Å². The van der Waals surface area contributed by atoms with Crippen molar-refractivity contribution >= 4 is 58.3 Å². The summed E-state index contributed by atoms with van der Waals surface area (Å²) in [7, 11) is -4.29. The number of fused-ring (bicyclic) bond motifs is 3. The van der Waals surface area contributed by atoms with Gasteiger partial charge in [0.1, 0.15) is 52.7 Å². The Balaban J connectivity index is 0.666. The SMILES string of the molecule is Cc1ccc(C(NC(=O)C2(c3ccc4[nH]cc(CCOP(=O)(OCCc5c[nH]c6ccc(C7(C(=O)NC(c8ccc(C)o8)c8ccc(C)cc8C)CC7)cc56)OCCc5c[nH]c6ccc(C7(C(=O)NC(c8ccc(C)o8)c8ccc(C)cc8C)CC7)cc56)c4c3)CC2)c2ccc(C)o2)c(C)c1. The zero-order valence-electron chi connectivity index (χ0n) is 58.8. The predicted octanol–water partition coefficient (Wildman–Crippen LogP) is 17.7. The first-order chi connectivity index (χ1) is 48.7. The number of rotatable bonds is 27. The fourth-order valence-electron chi connectivity index (χ4n) is 15.3. The number of aryl methyl sites for hydroxylation is 9. The van der Waals surface area contributed by atoms with E-state index in [1.54, 1.807) is 0 Å². The molecule has 16 nitrogen and oxygen atoms in total. The van der Waals surface area contributed by atoms with Crippen LogP contribution in [0.4, 0.5) is 0 Å². The molecule has 3 atom stereocenters. The maximum atomic E-state index is 15.3. The Morgan fingerprint density at radius 3 is 0.931 bits per heavy atom. The third-order valence-electron chi connectivity index (χ3n) is 21.5. The Morgan fingerprint density at radius 1 is 0.396 bits per heavy atom. The van der Waals surface area contributed by atoms with Crippen LogP contribution in [0.5, 0.6) is 0 Å². The van der Waals surface area contributed by atoms with E-state index in [-0.39, 0.29) is 37.5 Å². The van der Waals surface area contributed by atoms with Crippen molar-refractivity contribution in [3.8, 4) is 0 Å². The molecule has 3 fully saturated rings. The van der Waals surface area contributed by atoms with E-state index >= 15 is 4.57 Å². The van der Waals surface area contributed by atoms with Crippen molar-refractivity contribution < 1.29 is 45.8 Å². The molecular formula is C84H87N6O10P. The van der Waals surface area contributed by atoms with Crippen LogP contribution in [0.3, 0.4) is 0 Å². The Morgan fingerprint density at radius 2 is 0.683 bits per heavy atom. The highest BCUT2D eigenvalue weighted by molar-refractivity contribution is 7.48. The number of carbonyl (C=O) groups excluding carboxylic acids is 3. The Labute approximate surface area is 588 Å². The largest absolute Gasteiger partial charge is 0.474 e. The van der Waals surface area contributed by atoms with E-state index in [0.717, 1.165) is 133 Å². The van der Waals surface area contributed by atoms with Gasteiger partial charge in [-0.1, -0.05) is 89.5 Å². The molecule has 0 bridgehead atoms. The molecular weight excluding hydrogens is 1280 g/mol. The molecule has 6 N–H and O–H groups in total. The molecule has 12 aromatic rings. The van der Waals surface area contributed by atoms with Crippen molar-refractivity contribution in [2.75, 3.05) is 19.8 Å². The second-order valence-electron chi connectivity index (χ2n) is 28.8. The number of aromatic amines is 3. The average molecular weight is 1370 g/mol. The van der Waals surface area contributed by atoms with Crippen LogP contribution in [0.15, 0.2) is 177 Å². The molecule has 0 radical (unpaired) electrons. The van der Waals surface area contributed by atoms with Gasteiger partial charge in [-0.2, -0.15) is 0 Å². The maximum Gasteiger partial charge on any atom is 0.474 e. The number of phosphoric acid groups is 1. The lowest BCUT2D eigenvalue weighted by Crippen LogP contribution is -2.38. The van der Waals surface area contributed by atoms with Crippen molar-refractivity contribution in [1.29, 1.82) is 0 Å². The number of furan rings is 3. The minimum absolute atomic E-state index is 0.00481. The second-order valence-corrected chi connectivity index (χ2v) is 30.5. The summed E-state index contributed by atoms with van der Waals surface area (Å²) >= 11 is 0. The van der Waals surface area contributed by atoms with E-state index in [1.165, 1.54) is 0 Å². The van der Waals surface area contributed by atoms with Gasteiger partial charge in [-0.05, 0) is 260 Å². The molecule has 101 heavy (non-hydrogen) atoms. The molecule has 3 amide bonds. The molecule has 3 unspecified atom stereocenters. The molecule has 6 aromatic carbocycles. The molecule has 3 saturated carbocycles. The number of benzene rings is 6. The van der Waals surface area contributed by atoms with Crippen LogP contribution in [0.2, 0.25) is 0 Å². The van der Waals surface area contributed by atoms with Crippen LogP contribution in [-0.2, 0) is 68.0 Å². The normalized spacial score (nSPS) is 16.4. The minimum Gasteiger partial charge on any atom is -0.464 e. The van der Waals surface area contributed by atoms with Gasteiger partial charge in [-0.25, -0.2) is 4.57 Å². The lowest BCUT2D eigenvalue weighted by Gasteiger charge is -2.24. The van der Waals surface area contributed by atoms with Crippen LogP contribution in [0.1, 0.15) is 175 Å². The Bertz CT molecular complexity index is 4710. The van der Waals surface area contributed by atoms with Crippen LogP contribution < -0.4 is 16.0 Å². The molecule has 0 saturated heterocycles. The van der Waals surface area contributed by atoms with Gasteiger partial charge in [0.2, 0.25) is 17.7 Å². The lowest BCUT2D eigenvalue weighted by atomic mass is 9.91. The standard InChI is InChI=1S/C84H87N6O10P/c1-49-10-19-64(52(4)40-49)76(73-25-13-55(7)98-73)88-79(91)82(31-32-82)61-16-22-70-67(43-61)58(46-85-70)28-37-95-101(94,96-38-29-59-47-86-71-23-17-62(44-68(59)71)83(33-34-83)80(92)89-77(74-26-14-56(8)99-74)65-20-11-50(2)41-53(65)5)97-39-30-60-48-87-72-24-18-63(45-69(60)72)84(35-36-84)81(93)90-78(75-27-15-57(9)100-75)66-21-12-51(3)42-54(66)6/h10-27,40-48,76-78,85-87H,28-39H2,1-9H3,(H,88,91)(H,89,92)(H,90,93). The highest BCUT2D eigenvalue weighted by atomic mass is 31.2. The smallest absolute Gasteiger partial charge is 0.464 e. The number of aromatic nitrogens is 3. The predicted molar refractivity (Wildman–Crippen MR) is 392 cm³/mol. The summed E-state index contributed by atoms with van der Waals surface area (Å²) in [6.07, 6.45) is 11.0. The van der Waals surface area contributed by atoms with Crippen LogP contribution in [0, 0.1) is 62.3 Å². The van der Waals surface area contributed by atoms with Crippen molar-refractivity contribution in [3.63, 3.8) is 0 Å². The highest BCUT2D eigenvalue weighted by Crippen LogP contribution is 2.54. The molecule has 15 rings (SSSR count). The minimum atomic E-state index is -4.29. The number of hydrogen-bond donors (Lipinski definition) is 6. The summed E-state index contributed by atoms with van der Waals surface area (Å²) in [4.78, 5) is 54.4. The lowest BCUT2D eigenvalue weighted by molar-refractivity contribution is -0.125. The number of H-pyrrole nitrogens is 3. The third kappa shape index (κ3) is 13.3. The summed E-state index contributed by atoms with van der Waals surface area (Å²) in [5, 5.41) is 13.0. The summed E-state index contributed by atoms with van der Waals surface area (Å²) in [5.41, 5.74) is 15.6. The summed E-state index contributed by atoms with van der Waals surface area (Å²) in [5.74, 6) is 4.18. The Hall–Kier alpha value is -9.70. The fourth-order valence-corrected chi connectivity index (χ4v) is 16.4. The van der Waals surface area contributed by atoms with Crippen molar-refractivity contribution in [2.45, 2.75) is 154 Å². The van der Waals surface area contributed by atoms with Gasteiger partial charge in [0.25, 0.3) is 0 Å². The molecule has 0 spiro atoms. The first-order valence-corrected chi connectivity index (χ1v) is 36.8. The van der Waals surface area contributed by atoms with E-state index in [1.807, 2.05) is 112 Å². The van der Waals surface area contributed by atoms with Gasteiger partial charge in [-0.15, -0.1) is 0 Å². The monoisotopic (exact) mass is 1370 g/mol. The summed E-state index contributed by atoms with van der Waals surface area (Å²) < 4.78 is 53.0. The average Bonchev–Trinajstić information content (AvgIpc) is 1.60. The van der Waals surface area contributed by atoms with Gasteiger partial charge in [-0.3, -0.25) is 28.0 Å². The zero-order chi connectivity index (χ0) is 70.1. The topological polar surface area (TPSA) is 219 Å². The molecule has 6 aromatic heterocycles. The molecule has 0 aliphatic heterocycles. The number of phosphoric ester groups is 1. The van der Waals surface area contributed by atoms with E-state index in [9.17, 15) is 14.4 Å². The van der Waals surface area contributed by atoms with Crippen molar-refractivity contribution in [3.05, 3.63) is 282 Å². The highest BCUT2D eigenvalue weighted by Gasteiger charge is 2.54. The summed E-state index contributed by atoms with van der Waals surface area (Å²) in [6.45, 7) is 18.1. The van der Waals surface area contributed by atoms with Crippen LogP contribution in [-0.4, -0.2) is 52.5 Å². The molecule has 6 heterocycles. The van der Waals surface area contributed by atoms with Gasteiger partial charge >= 0.3 is 7.82 Å². The number of amides is 3. The summed E-state index contributed by atoms with van der Waals surface area (Å²) in [6, 6.07) is 47.5. The number of carbonyl (C=O) groups is 3. The Kier molecular flexibility index (Phi) is 17.7. The van der Waals surface area contributed by atoms with E-state index < -0.39 is 42.2 Å². The number of hydrogen-bond acceptors (Lipinski definition) is 10. The molecule has 518 valence electrons. The molecule has 3 aliphatic carbocycles. The maximum absolute atomic E-state index is 15.3. The zero-order valence-corrected chi connectivity index (χ0v) is 59.7. The van der Waals surface area contributed by atoms with Gasteiger partial charge in [0, 0.05) is 51.3 Å². The van der Waals surface area contributed by atoms with Gasteiger partial charge in [0.15, 0.2) is 0 Å².